The number of sulfonamides is 1. The number of fused-ring (bicyclic) bond motifs is 1. The van der Waals surface area contributed by atoms with Crippen LogP contribution >= 0.6 is 0 Å². The van der Waals surface area contributed by atoms with Crippen LogP contribution in [0.25, 0.3) is 16.6 Å². The van der Waals surface area contributed by atoms with Gasteiger partial charge in [-0.25, -0.2) is 16.8 Å². The van der Waals surface area contributed by atoms with Crippen LogP contribution < -0.4 is 10.3 Å². The molecule has 37 heavy (non-hydrogen) atoms. The minimum Gasteiger partial charge on any atom is -0.490 e. The van der Waals surface area contributed by atoms with Gasteiger partial charge in [-0.15, -0.1) is 0 Å². The smallest absolute Gasteiger partial charge is 0.258 e. The van der Waals surface area contributed by atoms with Gasteiger partial charge in [0.1, 0.15) is 16.7 Å². The molecule has 0 amide bonds. The summed E-state index contributed by atoms with van der Waals surface area (Å²) in [7, 11) is -7.04. The molecule has 0 aliphatic carbocycles. The SMILES string of the molecule is CS(=O)(=O)c1ccc(-n2ccc(OC3CCN(S(=O)(=O)c4cccc5cccnc45)CC3)cc2=O)cc1. The quantitative estimate of drug-likeness (QED) is 0.370. The van der Waals surface area contributed by atoms with E-state index < -0.39 is 19.9 Å². The van der Waals surface area contributed by atoms with Gasteiger partial charge in [0, 0.05) is 48.9 Å². The molecular formula is C26H25N3O6S2. The predicted molar refractivity (Wildman–Crippen MR) is 139 cm³/mol. The van der Waals surface area contributed by atoms with Crippen LogP contribution in [0.5, 0.6) is 5.75 Å². The summed E-state index contributed by atoms with van der Waals surface area (Å²) in [6.45, 7) is 0.583. The lowest BCUT2D eigenvalue weighted by Crippen LogP contribution is -2.41. The van der Waals surface area contributed by atoms with E-state index in [0.29, 0.717) is 42.9 Å². The Morgan fingerprint density at radius 3 is 2.30 bits per heavy atom. The van der Waals surface area contributed by atoms with Crippen molar-refractivity contribution in [2.24, 2.45) is 0 Å². The number of benzene rings is 2. The number of aromatic nitrogens is 2. The second-order valence-corrected chi connectivity index (χ2v) is 12.8. The molecule has 0 spiro atoms. The maximum atomic E-state index is 13.3. The van der Waals surface area contributed by atoms with Crippen molar-refractivity contribution < 1.29 is 21.6 Å². The zero-order valence-corrected chi connectivity index (χ0v) is 21.7. The molecule has 9 nitrogen and oxygen atoms in total. The van der Waals surface area contributed by atoms with Crippen LogP contribution in [-0.4, -0.2) is 56.1 Å². The Bertz CT molecular complexity index is 1720. The van der Waals surface area contributed by atoms with Crippen molar-refractivity contribution in [2.75, 3.05) is 19.3 Å². The fraction of sp³-hybridized carbons (Fsp3) is 0.231. The number of hydrogen-bond donors (Lipinski definition) is 0. The van der Waals surface area contributed by atoms with Crippen molar-refractivity contribution in [3.8, 4) is 11.4 Å². The molecule has 0 atom stereocenters. The van der Waals surface area contributed by atoms with Crippen LogP contribution in [0.15, 0.2) is 93.7 Å². The number of rotatable bonds is 6. The van der Waals surface area contributed by atoms with Crippen molar-refractivity contribution >= 4 is 30.8 Å². The third kappa shape index (κ3) is 5.15. The van der Waals surface area contributed by atoms with Gasteiger partial charge in [0.2, 0.25) is 10.0 Å². The zero-order valence-electron chi connectivity index (χ0n) is 20.0. The highest BCUT2D eigenvalue weighted by molar-refractivity contribution is 7.90. The van der Waals surface area contributed by atoms with Crippen LogP contribution in [-0.2, 0) is 19.9 Å². The molecule has 0 saturated carbocycles. The Kier molecular flexibility index (Phi) is 6.61. The van der Waals surface area contributed by atoms with Gasteiger partial charge >= 0.3 is 0 Å². The highest BCUT2D eigenvalue weighted by atomic mass is 32.2. The largest absolute Gasteiger partial charge is 0.490 e. The molecule has 11 heteroatoms. The number of pyridine rings is 2. The molecule has 0 N–H and O–H groups in total. The maximum absolute atomic E-state index is 13.3. The summed E-state index contributed by atoms with van der Waals surface area (Å²) in [6.07, 6.45) is 5.00. The zero-order chi connectivity index (χ0) is 26.2. The molecule has 1 aliphatic heterocycles. The Morgan fingerprint density at radius 1 is 0.919 bits per heavy atom. The lowest BCUT2D eigenvalue weighted by molar-refractivity contribution is 0.135. The first-order valence-corrected chi connectivity index (χ1v) is 15.0. The van der Waals surface area contributed by atoms with Crippen molar-refractivity contribution in [2.45, 2.75) is 28.7 Å². The molecule has 4 aromatic rings. The van der Waals surface area contributed by atoms with Gasteiger partial charge in [-0.3, -0.25) is 14.3 Å². The van der Waals surface area contributed by atoms with Crippen LogP contribution in [0.1, 0.15) is 12.8 Å². The van der Waals surface area contributed by atoms with Gasteiger partial charge in [-0.2, -0.15) is 4.31 Å². The maximum Gasteiger partial charge on any atom is 0.258 e. The molecule has 1 aliphatic rings. The molecule has 1 fully saturated rings. The number of ether oxygens (including phenoxy) is 1. The van der Waals surface area contributed by atoms with Crippen molar-refractivity contribution in [3.05, 3.63) is 89.5 Å². The lowest BCUT2D eigenvalue weighted by atomic mass is 10.1. The van der Waals surface area contributed by atoms with Gasteiger partial charge in [0.25, 0.3) is 5.56 Å². The van der Waals surface area contributed by atoms with Crippen LogP contribution in [0.2, 0.25) is 0 Å². The molecule has 192 valence electrons. The summed E-state index contributed by atoms with van der Waals surface area (Å²) in [6, 6.07) is 17.8. The van der Waals surface area contributed by atoms with E-state index >= 15 is 0 Å². The number of hydrogen-bond acceptors (Lipinski definition) is 7. The summed E-state index contributed by atoms with van der Waals surface area (Å²) < 4.78 is 58.8. The Hall–Kier alpha value is -3.54. The van der Waals surface area contributed by atoms with E-state index in [1.165, 1.54) is 27.1 Å². The summed E-state index contributed by atoms with van der Waals surface area (Å²) in [4.78, 5) is 17.3. The van der Waals surface area contributed by atoms with E-state index in [9.17, 15) is 21.6 Å². The van der Waals surface area contributed by atoms with Crippen molar-refractivity contribution in [3.63, 3.8) is 0 Å². The second-order valence-electron chi connectivity index (χ2n) is 8.89. The van der Waals surface area contributed by atoms with Crippen molar-refractivity contribution in [1.29, 1.82) is 0 Å². The van der Waals surface area contributed by atoms with E-state index in [4.69, 9.17) is 4.74 Å². The molecule has 0 radical (unpaired) electrons. The van der Waals surface area contributed by atoms with Crippen LogP contribution in [0, 0.1) is 0 Å². The molecular weight excluding hydrogens is 514 g/mol. The Balaban J connectivity index is 1.26. The van der Waals surface area contributed by atoms with Crippen LogP contribution in [0.4, 0.5) is 0 Å². The van der Waals surface area contributed by atoms with E-state index in [0.717, 1.165) is 11.6 Å². The number of nitrogens with zero attached hydrogens (tertiary/aromatic N) is 3. The highest BCUT2D eigenvalue weighted by Crippen LogP contribution is 2.27. The molecule has 5 rings (SSSR count). The standard InChI is InChI=1S/C26H25N3O6S2/c1-36(31,32)23-9-7-20(8-10-23)29-17-13-22(18-25(29)30)35-21-11-15-28(16-12-21)37(33,34)24-6-2-4-19-5-3-14-27-26(19)24/h2-10,13-14,17-18,21H,11-12,15-16H2,1H3. The molecule has 0 bridgehead atoms. The first-order valence-electron chi connectivity index (χ1n) is 11.7. The highest BCUT2D eigenvalue weighted by Gasteiger charge is 2.31. The second kappa shape index (κ2) is 9.73. The topological polar surface area (TPSA) is 116 Å². The van der Waals surface area contributed by atoms with E-state index in [1.807, 2.05) is 12.1 Å². The first-order chi connectivity index (χ1) is 17.6. The summed E-state index contributed by atoms with van der Waals surface area (Å²) in [5.41, 5.74) is 0.661. The normalized spacial score (nSPS) is 15.6. The predicted octanol–water partition coefficient (Wildman–Crippen LogP) is 3.02. The lowest BCUT2D eigenvalue weighted by Gasteiger charge is -2.31. The molecule has 1 saturated heterocycles. The van der Waals surface area contributed by atoms with Gasteiger partial charge in [-0.05, 0) is 55.3 Å². The fourth-order valence-electron chi connectivity index (χ4n) is 4.41. The Labute approximate surface area is 214 Å². The van der Waals surface area contributed by atoms with E-state index in [1.54, 1.807) is 48.8 Å². The molecule has 0 unspecified atom stereocenters. The first kappa shape index (κ1) is 25.1. The number of para-hydroxylation sites is 1. The molecule has 3 heterocycles. The average molecular weight is 540 g/mol. The van der Waals surface area contributed by atoms with Gasteiger partial charge < -0.3 is 4.74 Å². The van der Waals surface area contributed by atoms with E-state index in [-0.39, 0.29) is 21.5 Å². The summed E-state index contributed by atoms with van der Waals surface area (Å²) in [5.74, 6) is 0.397. The third-order valence-electron chi connectivity index (χ3n) is 6.35. The molecule has 2 aromatic carbocycles. The van der Waals surface area contributed by atoms with Gasteiger partial charge in [-0.1, -0.05) is 18.2 Å². The summed E-state index contributed by atoms with van der Waals surface area (Å²) in [5, 5.41) is 0.767. The number of piperidine rings is 1. The third-order valence-corrected chi connectivity index (χ3v) is 9.41. The minimum atomic E-state index is -3.72. The minimum absolute atomic E-state index is 0.175. The van der Waals surface area contributed by atoms with Gasteiger partial charge in [0.15, 0.2) is 9.84 Å². The number of sulfone groups is 1. The average Bonchev–Trinajstić information content (AvgIpc) is 2.88. The van der Waals surface area contributed by atoms with Gasteiger partial charge in [0.05, 0.1) is 10.4 Å². The van der Waals surface area contributed by atoms with Crippen molar-refractivity contribution in [1.82, 2.24) is 13.9 Å². The fourth-order valence-corrected chi connectivity index (χ4v) is 6.67. The van der Waals surface area contributed by atoms with Crippen LogP contribution in [0.3, 0.4) is 0 Å². The monoisotopic (exact) mass is 539 g/mol. The molecule has 2 aromatic heterocycles. The summed E-state index contributed by atoms with van der Waals surface area (Å²) >= 11 is 0. The van der Waals surface area contributed by atoms with E-state index in [2.05, 4.69) is 4.98 Å². The Morgan fingerprint density at radius 2 is 1.62 bits per heavy atom.